The Morgan fingerprint density at radius 2 is 0.887 bits per heavy atom. The zero-order valence-electron chi connectivity index (χ0n) is 28.5. The fourth-order valence-electron chi connectivity index (χ4n) is 7.80. The highest BCUT2D eigenvalue weighted by Crippen LogP contribution is 2.36. The standard InChI is InChI=1S/C49H29N3O/c1-2-9-30(10-3-1)39-15-8-12-34-25-36(23-24-41(34)39)48-50-47(35-22-20-33-27-44-42-14-6-7-16-45(42)53-46(44)29-38(33)26-35)51-49(52-48)37-21-19-32-18-17-31-11-4-5-13-40(31)43(32)28-37/h1-29H. The van der Waals surface area contributed by atoms with Crippen LogP contribution in [0.15, 0.2) is 180 Å². The molecule has 0 spiro atoms. The SMILES string of the molecule is c1ccc(-c2cccc3cc(-c4nc(-c5ccc6cc7c(cc6c5)oc5ccccc57)nc(-c5ccc6ccc7ccccc7c6c5)n4)ccc23)cc1. The summed E-state index contributed by atoms with van der Waals surface area (Å²) >= 11 is 0. The van der Waals surface area contributed by atoms with E-state index in [1.165, 1.54) is 38.1 Å². The number of hydrogen-bond acceptors (Lipinski definition) is 4. The van der Waals surface area contributed by atoms with E-state index in [2.05, 4.69) is 164 Å². The zero-order valence-corrected chi connectivity index (χ0v) is 28.5. The molecule has 0 saturated carbocycles. The maximum atomic E-state index is 6.26. The first-order valence-corrected chi connectivity index (χ1v) is 17.8. The van der Waals surface area contributed by atoms with Gasteiger partial charge in [-0.3, -0.25) is 0 Å². The average Bonchev–Trinajstić information content (AvgIpc) is 3.59. The molecule has 0 unspecified atom stereocenters. The monoisotopic (exact) mass is 675 g/mol. The van der Waals surface area contributed by atoms with Crippen LogP contribution in [0, 0.1) is 0 Å². The van der Waals surface area contributed by atoms with Gasteiger partial charge in [-0.05, 0) is 90.6 Å². The topological polar surface area (TPSA) is 51.8 Å². The van der Waals surface area contributed by atoms with E-state index < -0.39 is 0 Å². The summed E-state index contributed by atoms with van der Waals surface area (Å²) in [6.07, 6.45) is 0. The Labute approximate surface area is 304 Å². The van der Waals surface area contributed by atoms with Gasteiger partial charge < -0.3 is 4.42 Å². The predicted molar refractivity (Wildman–Crippen MR) is 219 cm³/mol. The van der Waals surface area contributed by atoms with Crippen LogP contribution in [0.2, 0.25) is 0 Å². The second-order valence-electron chi connectivity index (χ2n) is 13.6. The number of aromatic nitrogens is 3. The van der Waals surface area contributed by atoms with Crippen molar-refractivity contribution in [2.24, 2.45) is 0 Å². The quantitative estimate of drug-likeness (QED) is 0.174. The summed E-state index contributed by atoms with van der Waals surface area (Å²) in [6.45, 7) is 0. The Hall–Kier alpha value is -7.17. The molecule has 246 valence electrons. The van der Waals surface area contributed by atoms with Crippen molar-refractivity contribution < 1.29 is 4.42 Å². The molecule has 0 amide bonds. The zero-order chi connectivity index (χ0) is 34.9. The van der Waals surface area contributed by atoms with Gasteiger partial charge in [0.05, 0.1) is 0 Å². The molecule has 0 aliphatic rings. The van der Waals surface area contributed by atoms with Gasteiger partial charge in [0.25, 0.3) is 0 Å². The van der Waals surface area contributed by atoms with Crippen molar-refractivity contribution in [3.63, 3.8) is 0 Å². The highest BCUT2D eigenvalue weighted by atomic mass is 16.3. The first kappa shape index (κ1) is 29.5. The van der Waals surface area contributed by atoms with E-state index in [4.69, 9.17) is 19.4 Å². The van der Waals surface area contributed by atoms with Crippen molar-refractivity contribution in [2.75, 3.05) is 0 Å². The van der Waals surface area contributed by atoms with Crippen LogP contribution in [0.3, 0.4) is 0 Å². The molecular formula is C49H29N3O. The fourth-order valence-corrected chi connectivity index (χ4v) is 7.80. The van der Waals surface area contributed by atoms with E-state index in [-0.39, 0.29) is 0 Å². The molecule has 0 atom stereocenters. The van der Waals surface area contributed by atoms with Gasteiger partial charge in [0.15, 0.2) is 17.5 Å². The molecule has 0 fully saturated rings. The summed E-state index contributed by atoms with van der Waals surface area (Å²) in [7, 11) is 0. The van der Waals surface area contributed by atoms with Gasteiger partial charge in [-0.25, -0.2) is 15.0 Å². The first-order chi connectivity index (χ1) is 26.2. The van der Waals surface area contributed by atoms with Crippen LogP contribution in [-0.2, 0) is 0 Å². The lowest BCUT2D eigenvalue weighted by Gasteiger charge is -2.12. The molecule has 0 aliphatic heterocycles. The van der Waals surface area contributed by atoms with Crippen LogP contribution in [0.4, 0.5) is 0 Å². The number of benzene rings is 9. The minimum absolute atomic E-state index is 0.618. The summed E-state index contributed by atoms with van der Waals surface area (Å²) in [4.78, 5) is 15.5. The molecule has 53 heavy (non-hydrogen) atoms. The lowest BCUT2D eigenvalue weighted by molar-refractivity contribution is 0.669. The van der Waals surface area contributed by atoms with Crippen molar-refractivity contribution in [1.29, 1.82) is 0 Å². The average molecular weight is 676 g/mol. The van der Waals surface area contributed by atoms with Crippen LogP contribution in [-0.4, -0.2) is 15.0 Å². The van der Waals surface area contributed by atoms with Gasteiger partial charge in [-0.15, -0.1) is 0 Å². The Morgan fingerprint density at radius 3 is 1.70 bits per heavy atom. The van der Waals surface area contributed by atoms with Gasteiger partial charge in [0, 0.05) is 27.5 Å². The molecule has 9 aromatic carbocycles. The number of para-hydroxylation sites is 1. The Kier molecular flexibility index (Phi) is 6.52. The van der Waals surface area contributed by atoms with Crippen molar-refractivity contribution in [3.05, 3.63) is 176 Å². The Morgan fingerprint density at radius 1 is 0.283 bits per heavy atom. The van der Waals surface area contributed by atoms with Gasteiger partial charge in [0.2, 0.25) is 0 Å². The van der Waals surface area contributed by atoms with Crippen LogP contribution >= 0.6 is 0 Å². The number of fused-ring (bicyclic) bond motifs is 8. The lowest BCUT2D eigenvalue weighted by atomic mass is 9.97. The molecule has 11 rings (SSSR count). The number of rotatable bonds is 4. The molecule has 0 radical (unpaired) electrons. The maximum absolute atomic E-state index is 6.26. The summed E-state index contributed by atoms with van der Waals surface area (Å²) < 4.78 is 6.26. The summed E-state index contributed by atoms with van der Waals surface area (Å²) in [5.74, 6) is 1.88. The molecule has 2 heterocycles. The third kappa shape index (κ3) is 4.95. The highest BCUT2D eigenvalue weighted by molar-refractivity contribution is 6.11. The molecule has 11 aromatic rings. The first-order valence-electron chi connectivity index (χ1n) is 17.8. The highest BCUT2D eigenvalue weighted by Gasteiger charge is 2.16. The molecule has 0 aliphatic carbocycles. The Bertz CT molecular complexity index is 3240. The summed E-state index contributed by atoms with van der Waals surface area (Å²) in [5.41, 5.74) is 6.93. The van der Waals surface area contributed by atoms with Crippen LogP contribution in [0.1, 0.15) is 0 Å². The van der Waals surface area contributed by atoms with Gasteiger partial charge >= 0.3 is 0 Å². The van der Waals surface area contributed by atoms with E-state index in [9.17, 15) is 0 Å². The lowest BCUT2D eigenvalue weighted by Crippen LogP contribution is -2.00. The van der Waals surface area contributed by atoms with Crippen molar-refractivity contribution in [3.8, 4) is 45.3 Å². The van der Waals surface area contributed by atoms with E-state index in [0.29, 0.717) is 17.5 Å². The Balaban J connectivity index is 1.10. The second-order valence-corrected chi connectivity index (χ2v) is 13.6. The van der Waals surface area contributed by atoms with Crippen molar-refractivity contribution in [2.45, 2.75) is 0 Å². The third-order valence-corrected chi connectivity index (χ3v) is 10.5. The predicted octanol–water partition coefficient (Wildman–Crippen LogP) is 13.1. The number of nitrogens with zero attached hydrogens (tertiary/aromatic N) is 3. The second kappa shape index (κ2) is 11.7. The van der Waals surface area contributed by atoms with Crippen LogP contribution in [0.5, 0.6) is 0 Å². The van der Waals surface area contributed by atoms with E-state index in [1.807, 2.05) is 12.1 Å². The smallest absolute Gasteiger partial charge is 0.164 e. The van der Waals surface area contributed by atoms with Gasteiger partial charge in [0.1, 0.15) is 11.2 Å². The summed E-state index contributed by atoms with van der Waals surface area (Å²) in [6, 6.07) is 61.8. The minimum Gasteiger partial charge on any atom is -0.456 e. The molecule has 2 aromatic heterocycles. The van der Waals surface area contributed by atoms with Gasteiger partial charge in [-0.1, -0.05) is 140 Å². The van der Waals surface area contributed by atoms with Crippen LogP contribution in [0.25, 0.3) is 110 Å². The largest absolute Gasteiger partial charge is 0.456 e. The van der Waals surface area contributed by atoms with E-state index in [0.717, 1.165) is 54.8 Å². The molecule has 4 nitrogen and oxygen atoms in total. The molecular weight excluding hydrogens is 647 g/mol. The molecule has 0 N–H and O–H groups in total. The maximum Gasteiger partial charge on any atom is 0.164 e. The number of hydrogen-bond donors (Lipinski definition) is 0. The van der Waals surface area contributed by atoms with Crippen molar-refractivity contribution in [1.82, 2.24) is 15.0 Å². The van der Waals surface area contributed by atoms with Gasteiger partial charge in [-0.2, -0.15) is 0 Å². The minimum atomic E-state index is 0.618. The summed E-state index contributed by atoms with van der Waals surface area (Å²) in [5, 5.41) is 11.5. The normalized spacial score (nSPS) is 11.8. The van der Waals surface area contributed by atoms with E-state index >= 15 is 0 Å². The molecule has 0 bridgehead atoms. The third-order valence-electron chi connectivity index (χ3n) is 10.5. The van der Waals surface area contributed by atoms with Crippen molar-refractivity contribution >= 4 is 65.0 Å². The van der Waals surface area contributed by atoms with Crippen LogP contribution < -0.4 is 0 Å². The molecule has 4 heteroatoms. The van der Waals surface area contributed by atoms with E-state index in [1.54, 1.807) is 0 Å². The molecule has 0 saturated heterocycles. The fraction of sp³-hybridized carbons (Fsp3) is 0. The number of furan rings is 1.